The van der Waals surface area contributed by atoms with E-state index in [9.17, 15) is 19.2 Å². The van der Waals surface area contributed by atoms with Crippen molar-refractivity contribution in [2.45, 2.75) is 19.4 Å². The molecule has 2 N–H and O–H groups in total. The van der Waals surface area contributed by atoms with Crippen LogP contribution in [0.3, 0.4) is 0 Å². The zero-order valence-electron chi connectivity index (χ0n) is 15.1. The van der Waals surface area contributed by atoms with Gasteiger partial charge in [-0.15, -0.1) is 0 Å². The van der Waals surface area contributed by atoms with Crippen LogP contribution in [0.2, 0.25) is 5.02 Å². The largest absolute Gasteiger partial charge is 0.454 e. The van der Waals surface area contributed by atoms with Crippen molar-refractivity contribution in [3.05, 3.63) is 70.7 Å². The Bertz CT molecular complexity index is 870. The molecule has 0 aromatic heterocycles. The first-order valence-electron chi connectivity index (χ1n) is 8.45. The van der Waals surface area contributed by atoms with Crippen molar-refractivity contribution in [1.29, 1.82) is 0 Å². The molecule has 2 aromatic carbocycles. The molecule has 3 amide bonds. The number of benzene rings is 2. The van der Waals surface area contributed by atoms with Gasteiger partial charge >= 0.3 is 5.97 Å². The van der Waals surface area contributed by atoms with Crippen LogP contribution >= 0.6 is 11.6 Å². The average Bonchev–Trinajstić information content (AvgIpc) is 2.67. The Morgan fingerprint density at radius 1 is 0.964 bits per heavy atom. The van der Waals surface area contributed by atoms with Gasteiger partial charge in [-0.05, 0) is 24.6 Å². The number of imide groups is 1. The number of hydrogen-bond donors (Lipinski definition) is 2. The molecule has 0 bridgehead atoms. The Morgan fingerprint density at radius 2 is 1.61 bits per heavy atom. The molecule has 2 aromatic rings. The summed E-state index contributed by atoms with van der Waals surface area (Å²) in [4.78, 5) is 47.6. The minimum Gasteiger partial charge on any atom is -0.454 e. The van der Waals surface area contributed by atoms with Crippen molar-refractivity contribution in [3.8, 4) is 0 Å². The zero-order chi connectivity index (χ0) is 20.5. The Kier molecular flexibility index (Phi) is 7.71. The van der Waals surface area contributed by atoms with E-state index in [2.05, 4.69) is 10.6 Å². The quantitative estimate of drug-likeness (QED) is 0.688. The molecule has 0 saturated heterocycles. The topological polar surface area (TPSA) is 102 Å². The fourth-order valence-electron chi connectivity index (χ4n) is 2.26. The van der Waals surface area contributed by atoms with Crippen molar-refractivity contribution in [3.63, 3.8) is 0 Å². The second kappa shape index (κ2) is 10.2. The highest BCUT2D eigenvalue weighted by Crippen LogP contribution is 2.14. The number of amides is 3. The van der Waals surface area contributed by atoms with Crippen molar-refractivity contribution in [2.24, 2.45) is 0 Å². The van der Waals surface area contributed by atoms with E-state index in [1.54, 1.807) is 42.5 Å². The summed E-state index contributed by atoms with van der Waals surface area (Å²) < 4.78 is 4.83. The SMILES string of the molecule is C[C@H](NC(=O)c1ccccc1Cl)C(=O)OCC(=O)NC(=O)Cc1ccccc1. The summed E-state index contributed by atoms with van der Waals surface area (Å²) in [6, 6.07) is 14.3. The molecule has 0 spiro atoms. The van der Waals surface area contributed by atoms with E-state index < -0.39 is 36.3 Å². The van der Waals surface area contributed by atoms with Crippen LogP contribution in [0.5, 0.6) is 0 Å². The predicted octanol–water partition coefficient (Wildman–Crippen LogP) is 1.89. The molecule has 0 aliphatic carbocycles. The second-order valence-corrected chi connectivity index (χ2v) is 6.32. The maximum absolute atomic E-state index is 12.1. The van der Waals surface area contributed by atoms with Gasteiger partial charge in [0.15, 0.2) is 6.61 Å². The molecule has 28 heavy (non-hydrogen) atoms. The molecule has 7 nitrogen and oxygen atoms in total. The van der Waals surface area contributed by atoms with Crippen LogP contribution in [0.4, 0.5) is 0 Å². The molecule has 0 saturated carbocycles. The van der Waals surface area contributed by atoms with Crippen LogP contribution in [-0.4, -0.2) is 36.3 Å². The van der Waals surface area contributed by atoms with E-state index in [1.165, 1.54) is 13.0 Å². The van der Waals surface area contributed by atoms with Crippen LogP contribution in [0.15, 0.2) is 54.6 Å². The number of carbonyl (C=O) groups is 4. The number of rotatable bonds is 7. The number of ether oxygens (including phenoxy) is 1. The first-order valence-corrected chi connectivity index (χ1v) is 8.83. The van der Waals surface area contributed by atoms with E-state index in [0.29, 0.717) is 0 Å². The van der Waals surface area contributed by atoms with Crippen LogP contribution in [0.1, 0.15) is 22.8 Å². The Balaban J connectivity index is 1.76. The lowest BCUT2D eigenvalue weighted by molar-refractivity contribution is -0.150. The zero-order valence-corrected chi connectivity index (χ0v) is 15.9. The average molecular weight is 403 g/mol. The van der Waals surface area contributed by atoms with Crippen molar-refractivity contribution >= 4 is 35.3 Å². The fourth-order valence-corrected chi connectivity index (χ4v) is 2.48. The first-order chi connectivity index (χ1) is 13.4. The summed E-state index contributed by atoms with van der Waals surface area (Å²) in [5.74, 6) is -2.62. The van der Waals surface area contributed by atoms with Crippen molar-refractivity contribution < 1.29 is 23.9 Å². The monoisotopic (exact) mass is 402 g/mol. The highest BCUT2D eigenvalue weighted by Gasteiger charge is 2.20. The van der Waals surface area contributed by atoms with Crippen LogP contribution < -0.4 is 10.6 Å². The molecule has 0 unspecified atom stereocenters. The number of nitrogens with one attached hydrogen (secondary N) is 2. The molecule has 0 radical (unpaired) electrons. The summed E-state index contributed by atoms with van der Waals surface area (Å²) in [7, 11) is 0. The van der Waals surface area contributed by atoms with Gasteiger partial charge in [-0.25, -0.2) is 4.79 Å². The van der Waals surface area contributed by atoms with Gasteiger partial charge in [0.1, 0.15) is 6.04 Å². The van der Waals surface area contributed by atoms with Crippen LogP contribution in [-0.2, 0) is 25.5 Å². The molecule has 8 heteroatoms. The van der Waals surface area contributed by atoms with Gasteiger partial charge in [0, 0.05) is 0 Å². The minimum absolute atomic E-state index is 0.0326. The standard InChI is InChI=1S/C20H19ClN2O5/c1-13(22-19(26)15-9-5-6-10-16(15)21)20(27)28-12-18(25)23-17(24)11-14-7-3-2-4-8-14/h2-10,13H,11-12H2,1H3,(H,22,26)(H,23,24,25)/t13-/m0/s1. The smallest absolute Gasteiger partial charge is 0.328 e. The number of hydrogen-bond acceptors (Lipinski definition) is 5. The lowest BCUT2D eigenvalue weighted by Crippen LogP contribution is -2.41. The molecule has 0 heterocycles. The van der Waals surface area contributed by atoms with E-state index in [0.717, 1.165) is 5.56 Å². The van der Waals surface area contributed by atoms with Crippen molar-refractivity contribution in [2.75, 3.05) is 6.61 Å². The normalized spacial score (nSPS) is 11.2. The highest BCUT2D eigenvalue weighted by atomic mass is 35.5. The van der Waals surface area contributed by atoms with Crippen LogP contribution in [0.25, 0.3) is 0 Å². The predicted molar refractivity (Wildman–Crippen MR) is 103 cm³/mol. The van der Waals surface area contributed by atoms with E-state index >= 15 is 0 Å². The second-order valence-electron chi connectivity index (χ2n) is 5.92. The van der Waals surface area contributed by atoms with Gasteiger partial charge in [-0.2, -0.15) is 0 Å². The Labute approximate surface area is 167 Å². The lowest BCUT2D eigenvalue weighted by atomic mass is 10.1. The number of halogens is 1. The molecule has 1 atom stereocenters. The van der Waals surface area contributed by atoms with E-state index in [4.69, 9.17) is 16.3 Å². The summed E-state index contributed by atoms with van der Waals surface area (Å²) in [5, 5.41) is 4.82. The summed E-state index contributed by atoms with van der Waals surface area (Å²) in [5.41, 5.74) is 0.966. The van der Waals surface area contributed by atoms with Gasteiger partial charge in [-0.1, -0.05) is 54.1 Å². The third-order valence-electron chi connectivity index (χ3n) is 3.65. The van der Waals surface area contributed by atoms with E-state index in [1.807, 2.05) is 6.07 Å². The van der Waals surface area contributed by atoms with Gasteiger partial charge in [0.25, 0.3) is 11.8 Å². The lowest BCUT2D eigenvalue weighted by Gasteiger charge is -2.13. The highest BCUT2D eigenvalue weighted by molar-refractivity contribution is 6.33. The first kappa shape index (κ1) is 21.1. The fraction of sp³-hybridized carbons (Fsp3) is 0.200. The van der Waals surface area contributed by atoms with E-state index in [-0.39, 0.29) is 17.0 Å². The molecule has 0 aliphatic rings. The van der Waals surface area contributed by atoms with Crippen LogP contribution in [0, 0.1) is 0 Å². The van der Waals surface area contributed by atoms with Crippen molar-refractivity contribution in [1.82, 2.24) is 10.6 Å². The van der Waals surface area contributed by atoms with Gasteiger partial charge in [-0.3, -0.25) is 19.7 Å². The number of carbonyl (C=O) groups excluding carboxylic acids is 4. The van der Waals surface area contributed by atoms with Gasteiger partial charge in [0.05, 0.1) is 17.0 Å². The molecule has 0 aliphatic heterocycles. The summed E-state index contributed by atoms with van der Waals surface area (Å²) in [6.45, 7) is 0.779. The Morgan fingerprint density at radius 3 is 2.29 bits per heavy atom. The molecule has 0 fully saturated rings. The molecule has 146 valence electrons. The molecule has 2 rings (SSSR count). The third-order valence-corrected chi connectivity index (χ3v) is 3.98. The minimum atomic E-state index is -1.00. The van der Waals surface area contributed by atoms with Gasteiger partial charge in [0.2, 0.25) is 5.91 Å². The maximum atomic E-state index is 12.1. The summed E-state index contributed by atoms with van der Waals surface area (Å²) >= 11 is 5.93. The summed E-state index contributed by atoms with van der Waals surface area (Å²) in [6.07, 6.45) is 0.0326. The third kappa shape index (κ3) is 6.51. The van der Waals surface area contributed by atoms with Gasteiger partial charge < -0.3 is 10.1 Å². The maximum Gasteiger partial charge on any atom is 0.328 e. The Hall–Kier alpha value is -3.19. The number of esters is 1. The molecular weight excluding hydrogens is 384 g/mol. The molecular formula is C20H19ClN2O5.